The first-order valence-electron chi connectivity index (χ1n) is 5.68. The molecule has 4 heteroatoms. The molecular weight excluding hydrogens is 268 g/mol. The Morgan fingerprint density at radius 3 is 2.69 bits per heavy atom. The third-order valence-electron chi connectivity index (χ3n) is 2.97. The van der Waals surface area contributed by atoms with E-state index in [9.17, 15) is 4.79 Å². The molecule has 1 aromatic rings. The highest BCUT2D eigenvalue weighted by molar-refractivity contribution is 9.10. The van der Waals surface area contributed by atoms with Gasteiger partial charge in [-0.25, -0.2) is 4.98 Å². The minimum absolute atomic E-state index is 0.142. The lowest BCUT2D eigenvalue weighted by atomic mass is 9.88. The predicted octanol–water partition coefficient (Wildman–Crippen LogP) is 3.36. The SMILES string of the molecule is O=C(Nc1ccc(Br)nc1)C1CCCCC1. The van der Waals surface area contributed by atoms with Gasteiger partial charge < -0.3 is 5.32 Å². The molecule has 1 aromatic heterocycles. The van der Waals surface area contributed by atoms with Crippen LogP contribution >= 0.6 is 15.9 Å². The third-order valence-corrected chi connectivity index (χ3v) is 3.44. The van der Waals surface area contributed by atoms with E-state index in [1.807, 2.05) is 12.1 Å². The van der Waals surface area contributed by atoms with Crippen molar-refractivity contribution in [3.8, 4) is 0 Å². The summed E-state index contributed by atoms with van der Waals surface area (Å²) in [7, 11) is 0. The van der Waals surface area contributed by atoms with Crippen LogP contribution in [0.2, 0.25) is 0 Å². The lowest BCUT2D eigenvalue weighted by Gasteiger charge is -2.20. The first-order valence-corrected chi connectivity index (χ1v) is 6.47. The number of nitrogens with zero attached hydrogens (tertiary/aromatic N) is 1. The van der Waals surface area contributed by atoms with E-state index in [1.54, 1.807) is 6.20 Å². The summed E-state index contributed by atoms with van der Waals surface area (Å²) in [6.45, 7) is 0. The molecule has 1 aliphatic carbocycles. The molecule has 1 heterocycles. The number of carbonyl (C=O) groups excluding carboxylic acids is 1. The van der Waals surface area contributed by atoms with Gasteiger partial charge in [0.25, 0.3) is 0 Å². The largest absolute Gasteiger partial charge is 0.324 e. The maximum atomic E-state index is 11.9. The molecule has 1 saturated carbocycles. The van der Waals surface area contributed by atoms with Crippen LogP contribution in [-0.2, 0) is 4.79 Å². The first-order chi connectivity index (χ1) is 7.75. The fourth-order valence-electron chi connectivity index (χ4n) is 2.06. The first kappa shape index (κ1) is 11.6. The number of amides is 1. The Morgan fingerprint density at radius 1 is 1.31 bits per heavy atom. The highest BCUT2D eigenvalue weighted by atomic mass is 79.9. The van der Waals surface area contributed by atoms with Gasteiger partial charge in [0, 0.05) is 5.92 Å². The maximum Gasteiger partial charge on any atom is 0.227 e. The Labute approximate surface area is 104 Å². The standard InChI is InChI=1S/C12H15BrN2O/c13-11-7-6-10(8-14-11)15-12(16)9-4-2-1-3-5-9/h6-9H,1-5H2,(H,15,16). The number of hydrogen-bond acceptors (Lipinski definition) is 2. The van der Waals surface area contributed by atoms with Crippen molar-refractivity contribution < 1.29 is 4.79 Å². The Kier molecular flexibility index (Phi) is 3.93. The van der Waals surface area contributed by atoms with Crippen molar-refractivity contribution in [3.63, 3.8) is 0 Å². The molecule has 1 amide bonds. The van der Waals surface area contributed by atoms with Crippen LogP contribution in [0.3, 0.4) is 0 Å². The second-order valence-electron chi connectivity index (χ2n) is 4.19. The number of nitrogens with one attached hydrogen (secondary N) is 1. The van der Waals surface area contributed by atoms with Crippen LogP contribution in [0, 0.1) is 5.92 Å². The highest BCUT2D eigenvalue weighted by Gasteiger charge is 2.20. The molecule has 1 aliphatic rings. The van der Waals surface area contributed by atoms with Crippen LogP contribution in [0.15, 0.2) is 22.9 Å². The number of hydrogen-bond donors (Lipinski definition) is 1. The van der Waals surface area contributed by atoms with Gasteiger partial charge in [-0.05, 0) is 40.9 Å². The molecule has 0 aliphatic heterocycles. The average Bonchev–Trinajstić information content (AvgIpc) is 2.33. The average molecular weight is 283 g/mol. The summed E-state index contributed by atoms with van der Waals surface area (Å²) in [5.74, 6) is 0.334. The molecule has 0 atom stereocenters. The van der Waals surface area contributed by atoms with Gasteiger partial charge in [0.15, 0.2) is 0 Å². The fraction of sp³-hybridized carbons (Fsp3) is 0.500. The molecule has 86 valence electrons. The maximum absolute atomic E-state index is 11.9. The van der Waals surface area contributed by atoms with E-state index >= 15 is 0 Å². The summed E-state index contributed by atoms with van der Waals surface area (Å²) >= 11 is 3.26. The lowest BCUT2D eigenvalue weighted by Crippen LogP contribution is -2.24. The zero-order valence-electron chi connectivity index (χ0n) is 9.08. The van der Waals surface area contributed by atoms with Crippen molar-refractivity contribution in [1.82, 2.24) is 4.98 Å². The normalized spacial score (nSPS) is 17.1. The Bertz CT molecular complexity index is 358. The number of halogens is 1. The molecule has 3 nitrogen and oxygen atoms in total. The van der Waals surface area contributed by atoms with Gasteiger partial charge in [-0.2, -0.15) is 0 Å². The number of anilines is 1. The van der Waals surface area contributed by atoms with Gasteiger partial charge in [0.2, 0.25) is 5.91 Å². The fourth-order valence-corrected chi connectivity index (χ4v) is 2.29. The molecule has 0 unspecified atom stereocenters. The van der Waals surface area contributed by atoms with E-state index in [2.05, 4.69) is 26.2 Å². The van der Waals surface area contributed by atoms with Gasteiger partial charge in [-0.3, -0.25) is 4.79 Å². The number of pyridine rings is 1. The molecule has 0 radical (unpaired) electrons. The highest BCUT2D eigenvalue weighted by Crippen LogP contribution is 2.24. The van der Waals surface area contributed by atoms with Crippen LogP contribution in [-0.4, -0.2) is 10.9 Å². The number of carbonyl (C=O) groups is 1. The van der Waals surface area contributed by atoms with E-state index in [0.717, 1.165) is 23.1 Å². The Morgan fingerprint density at radius 2 is 2.06 bits per heavy atom. The van der Waals surface area contributed by atoms with E-state index in [1.165, 1.54) is 19.3 Å². The van der Waals surface area contributed by atoms with E-state index in [4.69, 9.17) is 0 Å². The second-order valence-corrected chi connectivity index (χ2v) is 5.01. The minimum atomic E-state index is 0.142. The van der Waals surface area contributed by atoms with Crippen molar-refractivity contribution in [1.29, 1.82) is 0 Å². The third kappa shape index (κ3) is 3.04. The van der Waals surface area contributed by atoms with E-state index in [-0.39, 0.29) is 11.8 Å². The Hall–Kier alpha value is -0.900. The quantitative estimate of drug-likeness (QED) is 0.845. The molecule has 2 rings (SSSR count). The van der Waals surface area contributed by atoms with Crippen LogP contribution in [0.5, 0.6) is 0 Å². The van der Waals surface area contributed by atoms with Crippen molar-refractivity contribution in [3.05, 3.63) is 22.9 Å². The van der Waals surface area contributed by atoms with E-state index in [0.29, 0.717) is 0 Å². The summed E-state index contributed by atoms with van der Waals surface area (Å²) in [5, 5.41) is 2.92. The van der Waals surface area contributed by atoms with Crippen molar-refractivity contribution in [2.75, 3.05) is 5.32 Å². The minimum Gasteiger partial charge on any atom is -0.324 e. The van der Waals surface area contributed by atoms with Crippen molar-refractivity contribution in [2.24, 2.45) is 5.92 Å². The monoisotopic (exact) mass is 282 g/mol. The number of rotatable bonds is 2. The molecule has 0 bridgehead atoms. The molecular formula is C12H15BrN2O. The van der Waals surface area contributed by atoms with Crippen molar-refractivity contribution in [2.45, 2.75) is 32.1 Å². The lowest BCUT2D eigenvalue weighted by molar-refractivity contribution is -0.120. The second kappa shape index (κ2) is 5.43. The summed E-state index contributed by atoms with van der Waals surface area (Å²) < 4.78 is 0.781. The zero-order chi connectivity index (χ0) is 11.4. The topological polar surface area (TPSA) is 42.0 Å². The smallest absolute Gasteiger partial charge is 0.227 e. The van der Waals surface area contributed by atoms with Gasteiger partial charge >= 0.3 is 0 Å². The number of aromatic nitrogens is 1. The summed E-state index contributed by atoms with van der Waals surface area (Å²) in [6, 6.07) is 3.69. The van der Waals surface area contributed by atoms with Crippen molar-refractivity contribution >= 4 is 27.5 Å². The molecule has 1 fully saturated rings. The van der Waals surface area contributed by atoms with Crippen LogP contribution < -0.4 is 5.32 Å². The van der Waals surface area contributed by atoms with Crippen LogP contribution in [0.4, 0.5) is 5.69 Å². The zero-order valence-corrected chi connectivity index (χ0v) is 10.7. The Balaban J connectivity index is 1.93. The van der Waals surface area contributed by atoms with Gasteiger partial charge in [-0.1, -0.05) is 19.3 Å². The van der Waals surface area contributed by atoms with Crippen LogP contribution in [0.25, 0.3) is 0 Å². The van der Waals surface area contributed by atoms with Gasteiger partial charge in [0.1, 0.15) is 4.60 Å². The molecule has 0 saturated heterocycles. The summed E-state index contributed by atoms with van der Waals surface area (Å²) in [4.78, 5) is 16.0. The van der Waals surface area contributed by atoms with Crippen LogP contribution in [0.1, 0.15) is 32.1 Å². The predicted molar refractivity (Wildman–Crippen MR) is 67.1 cm³/mol. The van der Waals surface area contributed by atoms with E-state index < -0.39 is 0 Å². The summed E-state index contributed by atoms with van der Waals surface area (Å²) in [6.07, 6.45) is 7.34. The molecule has 16 heavy (non-hydrogen) atoms. The molecule has 0 spiro atoms. The van der Waals surface area contributed by atoms with Gasteiger partial charge in [0.05, 0.1) is 11.9 Å². The summed E-state index contributed by atoms with van der Waals surface area (Å²) in [5.41, 5.74) is 0.777. The molecule has 0 aromatic carbocycles. The molecule has 1 N–H and O–H groups in total. The van der Waals surface area contributed by atoms with Gasteiger partial charge in [-0.15, -0.1) is 0 Å².